The van der Waals surface area contributed by atoms with Crippen LogP contribution in [0.25, 0.3) is 0 Å². The van der Waals surface area contributed by atoms with Gasteiger partial charge in [0.1, 0.15) is 53.6 Å². The molecule has 0 aliphatic rings. The van der Waals surface area contributed by atoms with Crippen molar-refractivity contribution in [1.29, 1.82) is 0 Å². The molecule has 34 heteroatoms. The minimum Gasteiger partial charge on any atom is -0.257 e. The zero-order chi connectivity index (χ0) is 56.1. The maximum atomic E-state index is 5.49. The average molecular weight is 1830 g/mol. The highest BCUT2D eigenvalue weighted by molar-refractivity contribution is 9.12. The first-order valence-electron chi connectivity index (χ1n) is 19.5. The Balaban J connectivity index is 0.000000822. The summed E-state index contributed by atoms with van der Waals surface area (Å²) in [4.78, 5) is 61.8. The average Bonchev–Trinajstić information content (AvgIpc) is 4.19. The van der Waals surface area contributed by atoms with Gasteiger partial charge in [0, 0.05) is 54.3 Å². The van der Waals surface area contributed by atoms with E-state index in [1.54, 1.807) is 126 Å². The molecule has 0 spiro atoms. The summed E-state index contributed by atoms with van der Waals surface area (Å²) in [6, 6.07) is 3.19. The molecule has 0 bridgehead atoms. The lowest BCUT2D eigenvalue weighted by Crippen LogP contribution is -1.82. The van der Waals surface area contributed by atoms with Crippen molar-refractivity contribution in [3.63, 3.8) is 0 Å². The van der Waals surface area contributed by atoms with Crippen molar-refractivity contribution in [3.05, 3.63) is 195 Å². The Kier molecular flexibility index (Phi) is 44.9. The van der Waals surface area contributed by atoms with Gasteiger partial charge in [-0.05, 0) is 207 Å². The van der Waals surface area contributed by atoms with Crippen LogP contribution in [0.5, 0.6) is 0 Å². The predicted octanol–water partition coefficient (Wildman–Crippen LogP) is 19.3. The number of nitrogens with zero attached hydrogens (tertiary/aromatic N) is 16. The van der Waals surface area contributed by atoms with Crippen LogP contribution in [-0.2, 0) is 0 Å². The Morgan fingerprint density at radius 1 is 0.355 bits per heavy atom. The summed E-state index contributed by atoms with van der Waals surface area (Å²) >= 11 is 54.9. The summed E-state index contributed by atoms with van der Waals surface area (Å²) in [7, 11) is 0. The van der Waals surface area contributed by atoms with Gasteiger partial charge in [-0.2, -0.15) is 0 Å². The lowest BCUT2D eigenvalue weighted by molar-refractivity contribution is 1.04. The molecule has 0 atom stereocenters. The van der Waals surface area contributed by atoms with Crippen molar-refractivity contribution in [2.75, 3.05) is 0 Å². The molecule has 0 fully saturated rings. The molecule has 0 radical (unpaired) electrons. The van der Waals surface area contributed by atoms with Gasteiger partial charge < -0.3 is 0 Å². The van der Waals surface area contributed by atoms with Crippen molar-refractivity contribution < 1.29 is 0 Å². The number of halogens is 14. The zero-order valence-corrected chi connectivity index (χ0v) is 61.6. The maximum Gasteiger partial charge on any atom is 0.160 e. The van der Waals surface area contributed by atoms with E-state index < -0.39 is 0 Å². The van der Waals surface area contributed by atoms with E-state index in [1.807, 2.05) is 46.9 Å². The molecule has 10 heterocycles. The normalized spacial score (nSPS) is 9.14. The fraction of sp³-hybridized carbons (Fsp3) is 0.143. The second-order valence-electron chi connectivity index (χ2n) is 12.3. The standard InChI is InChI=1S/3C5H5BrN2.C5H5ClN2.C4H2Br2N2.2C4H4BrNS.C4H2Cl2N2.C3HBr2NS.C3H2BrNS.ClH/c2*1-4-7-2-5(6)3-8-4;1-4-2-8-5(6)3-7-4;1-4-2-5(6)8-3-7-4;5-3-1-7-4(6)2-8-3;2*1-3-6-2-4(5)7-3;5-3-1-4(6)8-2-7-3;4-2-1-6-3(5)7-2;4-3-5-1-2-6-3;/h4*2-3H,1H3;1-2H;2*2H,1H3;1-2H;1H;1-2H;1H. The molecular weight excluding hydrogens is 1800 g/mol. The molecule has 0 unspecified atom stereocenters. The molecule has 10 aromatic heterocycles. The smallest absolute Gasteiger partial charge is 0.160 e. The minimum atomic E-state index is 0. The van der Waals surface area contributed by atoms with Crippen LogP contribution in [0.4, 0.5) is 0 Å². The predicted molar refractivity (Wildman–Crippen MR) is 348 cm³/mol. The lowest BCUT2D eigenvalue weighted by atomic mass is 10.5. The fourth-order valence-corrected chi connectivity index (χ4v) is 10.5. The van der Waals surface area contributed by atoms with E-state index in [-0.39, 0.29) is 12.4 Å². The van der Waals surface area contributed by atoms with Crippen molar-refractivity contribution in [2.45, 2.75) is 41.5 Å². The Morgan fingerprint density at radius 2 is 0.750 bits per heavy atom. The third kappa shape index (κ3) is 43.7. The first-order chi connectivity index (χ1) is 35.5. The van der Waals surface area contributed by atoms with Crippen molar-refractivity contribution >= 4 is 252 Å². The number of thiazole rings is 4. The van der Waals surface area contributed by atoms with Gasteiger partial charge in [-0.3, -0.25) is 4.98 Å². The number of aryl methyl sites for hydroxylation is 6. The second kappa shape index (κ2) is 45.6. The Morgan fingerprint density at radius 3 is 0.934 bits per heavy atom. The van der Waals surface area contributed by atoms with Crippen molar-refractivity contribution in [3.8, 4) is 0 Å². The van der Waals surface area contributed by atoms with Crippen LogP contribution in [0.15, 0.2) is 146 Å². The molecule has 0 amide bonds. The molecule has 0 saturated carbocycles. The Bertz CT molecular complexity index is 2560. The van der Waals surface area contributed by atoms with Crippen LogP contribution in [0.2, 0.25) is 15.5 Å². The van der Waals surface area contributed by atoms with E-state index >= 15 is 0 Å². The van der Waals surface area contributed by atoms with Gasteiger partial charge >= 0.3 is 0 Å². The first-order valence-corrected chi connectivity index (χ1v) is 31.9. The van der Waals surface area contributed by atoms with Crippen LogP contribution in [-0.4, -0.2) is 79.7 Å². The molecule has 10 aromatic rings. The van der Waals surface area contributed by atoms with Crippen LogP contribution in [0.1, 0.15) is 33.1 Å². The number of rotatable bonds is 0. The summed E-state index contributed by atoms with van der Waals surface area (Å²) in [5.74, 6) is 1.60. The molecule has 10 rings (SSSR count). The maximum absolute atomic E-state index is 5.49. The molecule has 16 nitrogen and oxygen atoms in total. The van der Waals surface area contributed by atoms with Crippen LogP contribution < -0.4 is 0 Å². The summed E-state index contributed by atoms with van der Waals surface area (Å²) in [6.45, 7) is 11.4. The van der Waals surface area contributed by atoms with Gasteiger partial charge in [0.25, 0.3) is 0 Å². The number of hydrogen-bond donors (Lipinski definition) is 0. The molecule has 76 heavy (non-hydrogen) atoms. The molecule has 0 aromatic carbocycles. The highest BCUT2D eigenvalue weighted by Crippen LogP contribution is 2.23. The van der Waals surface area contributed by atoms with Gasteiger partial charge in [-0.1, -0.05) is 34.8 Å². The molecule has 406 valence electrons. The van der Waals surface area contributed by atoms with E-state index in [9.17, 15) is 0 Å². The van der Waals surface area contributed by atoms with Crippen LogP contribution >= 0.6 is 252 Å². The van der Waals surface area contributed by atoms with Gasteiger partial charge in [-0.15, -0.1) is 57.8 Å². The van der Waals surface area contributed by atoms with Gasteiger partial charge in [-0.25, -0.2) is 74.8 Å². The van der Waals surface area contributed by atoms with E-state index in [4.69, 9.17) is 34.8 Å². The number of hydrogen-bond acceptors (Lipinski definition) is 20. The minimum absolute atomic E-state index is 0. The highest BCUT2D eigenvalue weighted by atomic mass is 79.9. The second-order valence-corrected chi connectivity index (χ2v) is 28.8. The lowest BCUT2D eigenvalue weighted by Gasteiger charge is -1.87. The topological polar surface area (TPSA) is 206 Å². The first kappa shape index (κ1) is 75.0. The SMILES string of the molecule is Brc1cnc(Br)cn1.Brc1cnc(Br)s1.Brc1nccs1.Cc1cc(Cl)ncn1.Cc1cnc(Br)cn1.Cc1ncc(Br)cn1.Cc1ncc(Br)cn1.Cc1ncc(Br)s1.Cc1ncc(Br)s1.Cl.Clc1cc(Cl)ncn1. The Labute approximate surface area is 560 Å². The quantitative estimate of drug-likeness (QED) is 0.129. The molecule has 0 aliphatic heterocycles. The monoisotopic (exact) mass is 1820 g/mol. The molecule has 0 N–H and O–H groups in total. The summed E-state index contributed by atoms with van der Waals surface area (Å²) in [5.41, 5.74) is 1.83. The highest BCUT2D eigenvalue weighted by Gasteiger charge is 1.93. The van der Waals surface area contributed by atoms with Crippen molar-refractivity contribution in [1.82, 2.24) is 79.7 Å². The summed E-state index contributed by atoms with van der Waals surface area (Å²) in [6.07, 6.45) is 23.4. The third-order valence-electron chi connectivity index (χ3n) is 6.25. The van der Waals surface area contributed by atoms with Crippen LogP contribution in [0, 0.1) is 41.5 Å². The van der Waals surface area contributed by atoms with E-state index in [1.165, 1.54) is 18.7 Å². The van der Waals surface area contributed by atoms with E-state index in [0.717, 1.165) is 75.0 Å². The third-order valence-corrected chi connectivity index (χ3v) is 15.0. The summed E-state index contributed by atoms with van der Waals surface area (Å²) in [5, 5.41) is 5.36. The van der Waals surface area contributed by atoms with E-state index in [2.05, 4.69) is 239 Å². The zero-order valence-electron chi connectivity index (χ0n) is 39.4. The Hall–Kier alpha value is -1.04. The summed E-state index contributed by atoms with van der Waals surface area (Å²) < 4.78 is 9.24. The fourth-order valence-electron chi connectivity index (χ4n) is 3.27. The largest absolute Gasteiger partial charge is 0.257 e. The van der Waals surface area contributed by atoms with Crippen molar-refractivity contribution in [2.24, 2.45) is 0 Å². The molecule has 0 aliphatic carbocycles. The van der Waals surface area contributed by atoms with Gasteiger partial charge in [0.15, 0.2) is 7.83 Å². The van der Waals surface area contributed by atoms with Gasteiger partial charge in [0.05, 0.1) is 73.2 Å². The molecule has 0 saturated heterocycles. The molecular formula is C42H36Br10Cl4N16S4. The number of aromatic nitrogens is 16. The van der Waals surface area contributed by atoms with Gasteiger partial charge in [0.2, 0.25) is 0 Å². The van der Waals surface area contributed by atoms with E-state index in [0.29, 0.717) is 15.5 Å². The van der Waals surface area contributed by atoms with Crippen LogP contribution in [0.3, 0.4) is 0 Å².